The van der Waals surface area contributed by atoms with Gasteiger partial charge in [0.2, 0.25) is 0 Å². The number of nitriles is 1. The summed E-state index contributed by atoms with van der Waals surface area (Å²) in [6.45, 7) is 2.88. The van der Waals surface area contributed by atoms with Gasteiger partial charge in [-0.05, 0) is 55.1 Å². The molecule has 0 saturated heterocycles. The van der Waals surface area contributed by atoms with Crippen molar-refractivity contribution in [2.24, 2.45) is 0 Å². The highest BCUT2D eigenvalue weighted by atomic mass is 32.2. The van der Waals surface area contributed by atoms with Crippen molar-refractivity contribution >= 4 is 34.1 Å². The van der Waals surface area contributed by atoms with Crippen LogP contribution < -0.4 is 14.8 Å². The number of anilines is 2. The SMILES string of the molecule is Cc1c[nH]c(=O)c2cccc(SN3CCc4c(N(C)C)cc(C#N)cc43)c12. The largest absolute Gasteiger partial charge is 0.377 e. The first-order valence-corrected chi connectivity index (χ1v) is 9.58. The molecule has 1 N–H and O–H groups in total. The zero-order valence-electron chi connectivity index (χ0n) is 15.5. The number of nitrogens with one attached hydrogen (secondary N) is 1. The maximum absolute atomic E-state index is 12.2. The highest BCUT2D eigenvalue weighted by molar-refractivity contribution is 8.00. The molecular formula is C21H20N4OS. The number of pyridine rings is 1. The molecule has 5 nitrogen and oxygen atoms in total. The van der Waals surface area contributed by atoms with Gasteiger partial charge in [0.15, 0.2) is 0 Å². The molecule has 1 aliphatic rings. The number of aromatic nitrogens is 1. The lowest BCUT2D eigenvalue weighted by atomic mass is 10.1. The molecule has 2 aromatic carbocycles. The fourth-order valence-electron chi connectivity index (χ4n) is 3.66. The Morgan fingerprint density at radius 3 is 2.85 bits per heavy atom. The van der Waals surface area contributed by atoms with Crippen LogP contribution >= 0.6 is 11.9 Å². The summed E-state index contributed by atoms with van der Waals surface area (Å²) in [6.07, 6.45) is 2.70. The lowest BCUT2D eigenvalue weighted by Crippen LogP contribution is -2.12. The standard InChI is InChI=1S/C21H20N4OS/c1-13-12-23-21(26)16-5-4-6-19(20(13)16)27-25-8-7-15-17(24(2)3)9-14(11-22)10-18(15)25/h4-6,9-10,12H,7-8H2,1-3H3,(H,23,26). The summed E-state index contributed by atoms with van der Waals surface area (Å²) in [5, 5.41) is 11.1. The van der Waals surface area contributed by atoms with Crippen molar-refractivity contribution in [2.75, 3.05) is 29.8 Å². The summed E-state index contributed by atoms with van der Waals surface area (Å²) in [6, 6.07) is 12.0. The minimum atomic E-state index is -0.0680. The van der Waals surface area contributed by atoms with Crippen LogP contribution in [0.15, 0.2) is 46.2 Å². The molecule has 27 heavy (non-hydrogen) atoms. The third-order valence-electron chi connectivity index (χ3n) is 4.94. The first-order valence-electron chi connectivity index (χ1n) is 8.80. The van der Waals surface area contributed by atoms with Crippen LogP contribution in [0.4, 0.5) is 11.4 Å². The molecule has 2 heterocycles. The molecule has 0 amide bonds. The van der Waals surface area contributed by atoms with Crippen molar-refractivity contribution in [2.45, 2.75) is 18.2 Å². The minimum absolute atomic E-state index is 0.0680. The van der Waals surface area contributed by atoms with E-state index in [4.69, 9.17) is 0 Å². The molecule has 0 fully saturated rings. The second kappa shape index (κ2) is 6.67. The number of aryl methyl sites for hydroxylation is 1. The van der Waals surface area contributed by atoms with Gasteiger partial charge in [0.25, 0.3) is 5.56 Å². The van der Waals surface area contributed by atoms with E-state index >= 15 is 0 Å². The van der Waals surface area contributed by atoms with E-state index in [1.54, 1.807) is 18.1 Å². The summed E-state index contributed by atoms with van der Waals surface area (Å²) in [7, 11) is 4.01. The van der Waals surface area contributed by atoms with Crippen LogP contribution in [0.25, 0.3) is 10.8 Å². The maximum atomic E-state index is 12.2. The van der Waals surface area contributed by atoms with Crippen LogP contribution in [0.1, 0.15) is 16.7 Å². The number of hydrogen-bond donors (Lipinski definition) is 1. The number of H-pyrrole nitrogens is 1. The molecular weight excluding hydrogens is 356 g/mol. The van der Waals surface area contributed by atoms with Crippen LogP contribution in [0.5, 0.6) is 0 Å². The highest BCUT2D eigenvalue weighted by Gasteiger charge is 2.25. The quantitative estimate of drug-likeness (QED) is 0.704. The van der Waals surface area contributed by atoms with Gasteiger partial charge in [-0.3, -0.25) is 4.79 Å². The zero-order chi connectivity index (χ0) is 19.1. The Hall–Kier alpha value is -2.91. The maximum Gasteiger partial charge on any atom is 0.255 e. The number of aromatic amines is 1. The van der Waals surface area contributed by atoms with Gasteiger partial charge in [0, 0.05) is 53.8 Å². The van der Waals surface area contributed by atoms with E-state index in [2.05, 4.69) is 26.3 Å². The number of rotatable bonds is 3. The monoisotopic (exact) mass is 376 g/mol. The Kier molecular flexibility index (Phi) is 4.33. The van der Waals surface area contributed by atoms with Gasteiger partial charge < -0.3 is 14.2 Å². The molecule has 136 valence electrons. The molecule has 1 aromatic heterocycles. The van der Waals surface area contributed by atoms with Crippen molar-refractivity contribution in [1.82, 2.24) is 4.98 Å². The molecule has 0 radical (unpaired) electrons. The normalized spacial score (nSPS) is 12.9. The van der Waals surface area contributed by atoms with E-state index in [1.165, 1.54) is 5.56 Å². The average Bonchev–Trinajstić information content (AvgIpc) is 3.06. The number of benzene rings is 2. The van der Waals surface area contributed by atoms with Crippen LogP contribution in [-0.4, -0.2) is 25.6 Å². The van der Waals surface area contributed by atoms with Gasteiger partial charge in [0.05, 0.1) is 17.3 Å². The summed E-state index contributed by atoms with van der Waals surface area (Å²) < 4.78 is 2.23. The first-order chi connectivity index (χ1) is 13.0. The smallest absolute Gasteiger partial charge is 0.255 e. The third kappa shape index (κ3) is 2.94. The van der Waals surface area contributed by atoms with Gasteiger partial charge in [-0.15, -0.1) is 0 Å². The van der Waals surface area contributed by atoms with Crippen molar-refractivity contribution in [3.8, 4) is 6.07 Å². The predicted octanol–water partition coefficient (Wildman–Crippen LogP) is 3.84. The molecule has 0 unspecified atom stereocenters. The van der Waals surface area contributed by atoms with Gasteiger partial charge in [-0.1, -0.05) is 6.07 Å². The average molecular weight is 376 g/mol. The van der Waals surface area contributed by atoms with E-state index in [0.717, 1.165) is 40.2 Å². The first kappa shape index (κ1) is 17.5. The number of nitrogens with zero attached hydrogens (tertiary/aromatic N) is 3. The van der Waals surface area contributed by atoms with Crippen molar-refractivity contribution < 1.29 is 0 Å². The van der Waals surface area contributed by atoms with Crippen molar-refractivity contribution in [3.63, 3.8) is 0 Å². The second-order valence-corrected chi connectivity index (χ2v) is 7.99. The summed E-state index contributed by atoms with van der Waals surface area (Å²) in [5.74, 6) is 0. The van der Waals surface area contributed by atoms with E-state index < -0.39 is 0 Å². The Bertz CT molecular complexity index is 1140. The lowest BCUT2D eigenvalue weighted by Gasteiger charge is -2.22. The van der Waals surface area contributed by atoms with Crippen LogP contribution in [-0.2, 0) is 6.42 Å². The topological polar surface area (TPSA) is 63.1 Å². The third-order valence-corrected chi connectivity index (χ3v) is 6.08. The molecule has 3 aromatic rings. The van der Waals surface area contributed by atoms with Crippen LogP contribution in [0, 0.1) is 18.3 Å². The summed E-state index contributed by atoms with van der Waals surface area (Å²) >= 11 is 1.64. The Morgan fingerprint density at radius 1 is 1.30 bits per heavy atom. The fourth-order valence-corrected chi connectivity index (χ4v) is 4.84. The van der Waals surface area contributed by atoms with Gasteiger partial charge >= 0.3 is 0 Å². The molecule has 0 atom stereocenters. The minimum Gasteiger partial charge on any atom is -0.377 e. The zero-order valence-corrected chi connectivity index (χ0v) is 16.4. The molecule has 0 saturated carbocycles. The Balaban J connectivity index is 1.81. The molecule has 0 bridgehead atoms. The molecule has 1 aliphatic heterocycles. The van der Waals surface area contributed by atoms with E-state index in [-0.39, 0.29) is 5.56 Å². The van der Waals surface area contributed by atoms with Crippen LogP contribution in [0.3, 0.4) is 0 Å². The second-order valence-electron chi connectivity index (χ2n) is 6.92. The van der Waals surface area contributed by atoms with Crippen molar-refractivity contribution in [3.05, 3.63) is 63.6 Å². The molecule has 0 spiro atoms. The number of hydrogen-bond acceptors (Lipinski definition) is 5. The predicted molar refractivity (Wildman–Crippen MR) is 112 cm³/mol. The number of fused-ring (bicyclic) bond motifs is 2. The summed E-state index contributed by atoms with van der Waals surface area (Å²) in [4.78, 5) is 18.1. The Morgan fingerprint density at radius 2 is 2.11 bits per heavy atom. The van der Waals surface area contributed by atoms with Crippen molar-refractivity contribution in [1.29, 1.82) is 5.26 Å². The fraction of sp³-hybridized carbons (Fsp3) is 0.238. The van der Waals surface area contributed by atoms with Gasteiger partial charge in [-0.25, -0.2) is 0 Å². The highest BCUT2D eigenvalue weighted by Crippen LogP contribution is 2.43. The van der Waals surface area contributed by atoms with E-state index in [0.29, 0.717) is 10.9 Å². The Labute approximate surface area is 162 Å². The molecule has 0 aliphatic carbocycles. The lowest BCUT2D eigenvalue weighted by molar-refractivity contribution is 1.03. The van der Waals surface area contributed by atoms with Gasteiger partial charge in [0.1, 0.15) is 0 Å². The molecule has 4 rings (SSSR count). The molecule has 6 heteroatoms. The van der Waals surface area contributed by atoms with Gasteiger partial charge in [-0.2, -0.15) is 5.26 Å². The summed E-state index contributed by atoms with van der Waals surface area (Å²) in [5.41, 5.74) is 5.09. The van der Waals surface area contributed by atoms with E-state index in [9.17, 15) is 10.1 Å². The van der Waals surface area contributed by atoms with E-state index in [1.807, 2.05) is 45.3 Å². The van der Waals surface area contributed by atoms with Crippen LogP contribution in [0.2, 0.25) is 0 Å².